The summed E-state index contributed by atoms with van der Waals surface area (Å²) in [5, 5.41) is 14.8. The average molecular weight is 519 g/mol. The van der Waals surface area contributed by atoms with Gasteiger partial charge in [0.1, 0.15) is 6.33 Å². The van der Waals surface area contributed by atoms with Crippen molar-refractivity contribution in [1.82, 2.24) is 15.4 Å². The summed E-state index contributed by atoms with van der Waals surface area (Å²) in [4.78, 5) is 32.4. The SMILES string of the molecule is O=C(NNc1ncnc(Nc2ccccc2Br)c1[N+](=O)[O-])C(c1ccccc1)c1ccccc1. The van der Waals surface area contributed by atoms with Crippen LogP contribution in [0.3, 0.4) is 0 Å². The number of amides is 1. The standard InChI is InChI=1S/C24H19BrN6O3/c25-18-13-7-8-14-19(18)28-22-21(31(33)34)23(27-15-26-22)29-30-24(32)20(16-9-3-1-4-10-16)17-11-5-2-6-12-17/h1-15,20H,(H,30,32)(H2,26,27,28,29). The summed E-state index contributed by atoms with van der Waals surface area (Å²) < 4.78 is 0.708. The van der Waals surface area contributed by atoms with Crippen molar-refractivity contribution in [3.63, 3.8) is 0 Å². The molecule has 4 aromatic rings. The molecule has 0 aliphatic rings. The maximum atomic E-state index is 13.2. The van der Waals surface area contributed by atoms with Crippen LogP contribution in [0.15, 0.2) is 95.7 Å². The third-order valence-corrected chi connectivity index (χ3v) is 5.66. The van der Waals surface area contributed by atoms with Gasteiger partial charge in [-0.25, -0.2) is 9.97 Å². The van der Waals surface area contributed by atoms with Crippen LogP contribution < -0.4 is 16.2 Å². The minimum atomic E-state index is -0.631. The first-order valence-corrected chi connectivity index (χ1v) is 11.0. The van der Waals surface area contributed by atoms with Gasteiger partial charge in [0.25, 0.3) is 0 Å². The molecule has 0 spiro atoms. The summed E-state index contributed by atoms with van der Waals surface area (Å²) in [5.74, 6) is -1.20. The highest BCUT2D eigenvalue weighted by Gasteiger charge is 2.26. The van der Waals surface area contributed by atoms with Gasteiger partial charge < -0.3 is 5.32 Å². The van der Waals surface area contributed by atoms with E-state index in [1.54, 1.807) is 18.2 Å². The van der Waals surface area contributed by atoms with Crippen molar-refractivity contribution in [3.8, 4) is 0 Å². The molecular weight excluding hydrogens is 500 g/mol. The number of rotatable bonds is 8. The highest BCUT2D eigenvalue weighted by Crippen LogP contribution is 2.33. The lowest BCUT2D eigenvalue weighted by Gasteiger charge is -2.18. The van der Waals surface area contributed by atoms with Crippen LogP contribution >= 0.6 is 15.9 Å². The molecule has 1 amide bonds. The van der Waals surface area contributed by atoms with Gasteiger partial charge in [-0.3, -0.25) is 25.8 Å². The van der Waals surface area contributed by atoms with Crippen molar-refractivity contribution in [1.29, 1.82) is 0 Å². The van der Waals surface area contributed by atoms with E-state index in [2.05, 4.69) is 42.1 Å². The third-order valence-electron chi connectivity index (χ3n) is 4.96. The zero-order chi connectivity index (χ0) is 23.9. The fourth-order valence-corrected chi connectivity index (χ4v) is 3.79. The highest BCUT2D eigenvalue weighted by molar-refractivity contribution is 9.10. The first-order chi connectivity index (χ1) is 16.5. The summed E-state index contributed by atoms with van der Waals surface area (Å²) in [6.45, 7) is 0. The van der Waals surface area contributed by atoms with Crippen molar-refractivity contribution in [2.75, 3.05) is 10.7 Å². The minimum absolute atomic E-state index is 0.0219. The molecule has 3 N–H and O–H groups in total. The summed E-state index contributed by atoms with van der Waals surface area (Å²) in [6.07, 6.45) is 1.17. The molecule has 1 heterocycles. The zero-order valence-electron chi connectivity index (χ0n) is 17.7. The van der Waals surface area contributed by atoms with E-state index < -0.39 is 22.4 Å². The Morgan fingerprint density at radius 3 is 2.00 bits per heavy atom. The second kappa shape index (κ2) is 10.5. The van der Waals surface area contributed by atoms with Crippen LogP contribution in [0, 0.1) is 10.1 Å². The van der Waals surface area contributed by atoms with Gasteiger partial charge in [-0.05, 0) is 39.2 Å². The van der Waals surface area contributed by atoms with Gasteiger partial charge in [-0.1, -0.05) is 72.8 Å². The topological polar surface area (TPSA) is 122 Å². The number of carbonyl (C=O) groups is 1. The predicted octanol–water partition coefficient (Wildman–Crippen LogP) is 5.17. The van der Waals surface area contributed by atoms with Gasteiger partial charge in [-0.2, -0.15) is 0 Å². The van der Waals surface area contributed by atoms with Crippen molar-refractivity contribution >= 4 is 44.8 Å². The largest absolute Gasteiger partial charge is 0.355 e. The van der Waals surface area contributed by atoms with Gasteiger partial charge >= 0.3 is 5.69 Å². The average Bonchev–Trinajstić information content (AvgIpc) is 2.85. The molecular formula is C24H19BrN6O3. The molecule has 3 aromatic carbocycles. The Hall–Kier alpha value is -4.31. The number of hydrogen-bond donors (Lipinski definition) is 3. The lowest BCUT2D eigenvalue weighted by Crippen LogP contribution is -2.35. The number of anilines is 3. The lowest BCUT2D eigenvalue weighted by atomic mass is 9.91. The molecule has 0 atom stereocenters. The summed E-state index contributed by atoms with van der Waals surface area (Å²) in [7, 11) is 0. The first-order valence-electron chi connectivity index (χ1n) is 10.2. The number of halogens is 1. The maximum absolute atomic E-state index is 13.2. The van der Waals surface area contributed by atoms with E-state index in [1.807, 2.05) is 66.7 Å². The van der Waals surface area contributed by atoms with E-state index in [9.17, 15) is 14.9 Å². The summed E-state index contributed by atoms with van der Waals surface area (Å²) in [5.41, 5.74) is 6.92. The number of nitrogens with one attached hydrogen (secondary N) is 3. The molecule has 0 unspecified atom stereocenters. The number of hydrogen-bond acceptors (Lipinski definition) is 7. The molecule has 0 fully saturated rings. The number of nitrogens with zero attached hydrogens (tertiary/aromatic N) is 3. The molecule has 10 heteroatoms. The van der Waals surface area contributed by atoms with Gasteiger partial charge in [0.05, 0.1) is 16.5 Å². The second-order valence-corrected chi connectivity index (χ2v) is 8.00. The highest BCUT2D eigenvalue weighted by atomic mass is 79.9. The molecule has 34 heavy (non-hydrogen) atoms. The Morgan fingerprint density at radius 1 is 0.853 bits per heavy atom. The third kappa shape index (κ3) is 5.18. The molecule has 4 rings (SSSR count). The molecule has 0 aliphatic heterocycles. The number of carbonyl (C=O) groups excluding carboxylic acids is 1. The Morgan fingerprint density at radius 2 is 1.41 bits per heavy atom. The molecule has 9 nitrogen and oxygen atoms in total. The van der Waals surface area contributed by atoms with Gasteiger partial charge in [0.15, 0.2) is 0 Å². The number of aromatic nitrogens is 2. The predicted molar refractivity (Wildman–Crippen MR) is 133 cm³/mol. The fourth-order valence-electron chi connectivity index (χ4n) is 3.40. The van der Waals surface area contributed by atoms with Crippen LogP contribution in [0.1, 0.15) is 17.0 Å². The normalized spacial score (nSPS) is 10.5. The van der Waals surface area contributed by atoms with Gasteiger partial charge in [-0.15, -0.1) is 0 Å². The maximum Gasteiger partial charge on any atom is 0.355 e. The lowest BCUT2D eigenvalue weighted by molar-refractivity contribution is -0.383. The number of hydrazine groups is 1. The van der Waals surface area contributed by atoms with Gasteiger partial charge in [0, 0.05) is 4.47 Å². The zero-order valence-corrected chi connectivity index (χ0v) is 19.3. The number of nitro groups is 1. The monoisotopic (exact) mass is 518 g/mol. The molecule has 0 saturated heterocycles. The summed E-state index contributed by atoms with van der Waals surface area (Å²) in [6, 6.07) is 25.7. The van der Waals surface area contributed by atoms with Crippen LogP contribution in [0.5, 0.6) is 0 Å². The van der Waals surface area contributed by atoms with E-state index in [0.29, 0.717) is 10.2 Å². The van der Waals surface area contributed by atoms with Crippen LogP contribution in [-0.2, 0) is 4.79 Å². The Balaban J connectivity index is 1.60. The number of para-hydroxylation sites is 1. The summed E-state index contributed by atoms with van der Waals surface area (Å²) >= 11 is 3.40. The molecule has 170 valence electrons. The smallest absolute Gasteiger partial charge is 0.333 e. The fraction of sp³-hybridized carbons (Fsp3) is 0.0417. The molecule has 0 saturated carbocycles. The molecule has 1 aromatic heterocycles. The van der Waals surface area contributed by atoms with Crippen molar-refractivity contribution in [2.45, 2.75) is 5.92 Å². The molecule has 0 bridgehead atoms. The Kier molecular flexibility index (Phi) is 7.09. The van der Waals surface area contributed by atoms with E-state index in [4.69, 9.17) is 0 Å². The minimum Gasteiger partial charge on any atom is -0.333 e. The van der Waals surface area contributed by atoms with Crippen molar-refractivity contribution in [2.24, 2.45) is 0 Å². The Labute approximate surface area is 203 Å². The van der Waals surface area contributed by atoms with Gasteiger partial charge in [0.2, 0.25) is 17.5 Å². The first kappa shape index (κ1) is 22.9. The molecule has 0 radical (unpaired) electrons. The quantitative estimate of drug-likeness (QED) is 0.217. The number of benzene rings is 3. The van der Waals surface area contributed by atoms with Crippen LogP contribution in [0.2, 0.25) is 0 Å². The van der Waals surface area contributed by atoms with Crippen LogP contribution in [-0.4, -0.2) is 20.8 Å². The van der Waals surface area contributed by atoms with E-state index in [1.165, 1.54) is 6.33 Å². The van der Waals surface area contributed by atoms with Crippen LogP contribution in [0.25, 0.3) is 0 Å². The second-order valence-electron chi connectivity index (χ2n) is 7.15. The van der Waals surface area contributed by atoms with E-state index in [0.717, 1.165) is 11.1 Å². The molecule has 0 aliphatic carbocycles. The van der Waals surface area contributed by atoms with Crippen molar-refractivity contribution in [3.05, 3.63) is 117 Å². The van der Waals surface area contributed by atoms with Crippen molar-refractivity contribution < 1.29 is 9.72 Å². The Bertz CT molecular complexity index is 1270. The van der Waals surface area contributed by atoms with E-state index in [-0.39, 0.29) is 11.6 Å². The van der Waals surface area contributed by atoms with E-state index >= 15 is 0 Å². The van der Waals surface area contributed by atoms with Crippen LogP contribution in [0.4, 0.5) is 23.0 Å².